The molecule has 2 N–H and O–H groups in total. The van der Waals surface area contributed by atoms with E-state index >= 15 is 0 Å². The number of ether oxygens (including phenoxy) is 2. The molecule has 0 aliphatic heterocycles. The maximum absolute atomic E-state index is 11.8. The fourth-order valence-corrected chi connectivity index (χ4v) is 1.77. The van der Waals surface area contributed by atoms with Crippen molar-refractivity contribution in [2.75, 3.05) is 19.5 Å². The Morgan fingerprint density at radius 1 is 1.29 bits per heavy atom. The number of carbonyl (C=O) groups excluding carboxylic acids is 2. The molecule has 1 heterocycles. The first-order valence-corrected chi connectivity index (χ1v) is 6.52. The lowest BCUT2D eigenvalue weighted by atomic mass is 10.1. The third-order valence-electron chi connectivity index (χ3n) is 2.92. The SMILES string of the molecule is COC(=O)c1ccc(C(=O)OC)c(NC=C(C#N)c2nn[nH]n2)c1. The van der Waals surface area contributed by atoms with Crippen molar-refractivity contribution in [1.29, 1.82) is 5.26 Å². The molecule has 0 spiro atoms. The predicted octanol–water partition coefficient (Wildman–Crippen LogP) is 0.749. The number of benzene rings is 1. The average molecular weight is 328 g/mol. The predicted molar refractivity (Wildman–Crippen MR) is 80.5 cm³/mol. The van der Waals surface area contributed by atoms with Gasteiger partial charge in [-0.25, -0.2) is 9.59 Å². The number of methoxy groups -OCH3 is 2. The number of H-pyrrole nitrogens is 1. The van der Waals surface area contributed by atoms with Crippen LogP contribution >= 0.6 is 0 Å². The van der Waals surface area contributed by atoms with Crippen LogP contribution in [0.2, 0.25) is 0 Å². The molecule has 0 amide bonds. The van der Waals surface area contributed by atoms with E-state index in [9.17, 15) is 9.59 Å². The lowest BCUT2D eigenvalue weighted by molar-refractivity contribution is 0.0587. The number of nitriles is 1. The van der Waals surface area contributed by atoms with E-state index < -0.39 is 11.9 Å². The summed E-state index contributed by atoms with van der Waals surface area (Å²) in [5.41, 5.74) is 0.718. The van der Waals surface area contributed by atoms with Gasteiger partial charge in [-0.2, -0.15) is 10.5 Å². The first kappa shape index (κ1) is 16.6. The van der Waals surface area contributed by atoms with Crippen molar-refractivity contribution in [2.24, 2.45) is 0 Å². The number of hydrogen-bond donors (Lipinski definition) is 2. The van der Waals surface area contributed by atoms with E-state index in [4.69, 9.17) is 5.26 Å². The van der Waals surface area contributed by atoms with Crippen LogP contribution in [0.5, 0.6) is 0 Å². The van der Waals surface area contributed by atoms with E-state index in [1.165, 1.54) is 38.6 Å². The van der Waals surface area contributed by atoms with Crippen LogP contribution in [-0.4, -0.2) is 46.8 Å². The van der Waals surface area contributed by atoms with Crippen molar-refractivity contribution in [1.82, 2.24) is 20.6 Å². The van der Waals surface area contributed by atoms with E-state index in [2.05, 4.69) is 35.4 Å². The van der Waals surface area contributed by atoms with Crippen LogP contribution in [0, 0.1) is 11.3 Å². The molecule has 1 aromatic heterocycles. The molecule has 10 nitrogen and oxygen atoms in total. The van der Waals surface area contributed by atoms with Gasteiger partial charge in [0.15, 0.2) is 0 Å². The Balaban J connectivity index is 2.41. The summed E-state index contributed by atoms with van der Waals surface area (Å²) in [6, 6.07) is 6.13. The minimum Gasteiger partial charge on any atom is -0.465 e. The highest BCUT2D eigenvalue weighted by Crippen LogP contribution is 2.20. The first-order valence-electron chi connectivity index (χ1n) is 6.52. The van der Waals surface area contributed by atoms with E-state index in [0.29, 0.717) is 0 Å². The summed E-state index contributed by atoms with van der Waals surface area (Å²) in [5, 5.41) is 24.9. The molecular formula is C14H12N6O4. The molecule has 1 aromatic carbocycles. The molecule has 24 heavy (non-hydrogen) atoms. The van der Waals surface area contributed by atoms with Gasteiger partial charge in [0, 0.05) is 6.20 Å². The monoisotopic (exact) mass is 328 g/mol. The third kappa shape index (κ3) is 3.53. The number of nitrogens with one attached hydrogen (secondary N) is 2. The van der Waals surface area contributed by atoms with Crippen LogP contribution in [-0.2, 0) is 9.47 Å². The summed E-state index contributed by atoms with van der Waals surface area (Å²) in [6.07, 6.45) is 1.29. The highest BCUT2D eigenvalue weighted by Gasteiger charge is 2.15. The van der Waals surface area contributed by atoms with Gasteiger partial charge >= 0.3 is 11.9 Å². The number of hydrogen-bond acceptors (Lipinski definition) is 9. The zero-order chi connectivity index (χ0) is 17.5. The Labute approximate surface area is 136 Å². The van der Waals surface area contributed by atoms with Gasteiger partial charge in [-0.15, -0.1) is 10.2 Å². The van der Waals surface area contributed by atoms with Crippen molar-refractivity contribution >= 4 is 23.2 Å². The largest absolute Gasteiger partial charge is 0.465 e. The van der Waals surface area contributed by atoms with Crippen LogP contribution in [0.25, 0.3) is 5.57 Å². The smallest absolute Gasteiger partial charge is 0.339 e. The molecule has 0 radical (unpaired) electrons. The number of aromatic amines is 1. The summed E-state index contributed by atoms with van der Waals surface area (Å²) < 4.78 is 9.33. The van der Waals surface area contributed by atoms with Crippen LogP contribution in [0.4, 0.5) is 5.69 Å². The van der Waals surface area contributed by atoms with Gasteiger partial charge in [0.25, 0.3) is 0 Å². The molecule has 2 aromatic rings. The number of aromatic nitrogens is 4. The van der Waals surface area contributed by atoms with E-state index in [1.807, 2.05) is 6.07 Å². The van der Waals surface area contributed by atoms with Gasteiger partial charge in [-0.05, 0) is 23.4 Å². The lowest BCUT2D eigenvalue weighted by Gasteiger charge is -2.09. The van der Waals surface area contributed by atoms with Crippen molar-refractivity contribution in [2.45, 2.75) is 0 Å². The molecule has 0 aliphatic rings. The third-order valence-corrected chi connectivity index (χ3v) is 2.92. The number of esters is 2. The van der Waals surface area contributed by atoms with Gasteiger partial charge in [0.1, 0.15) is 11.6 Å². The fourth-order valence-electron chi connectivity index (χ4n) is 1.77. The standard InChI is InChI=1S/C14H12N6O4/c1-23-13(21)8-3-4-10(14(22)24-2)11(5-8)16-7-9(6-15)12-17-19-20-18-12/h3-5,7,16H,1-2H3,(H,17,18,19,20). The van der Waals surface area contributed by atoms with E-state index in [-0.39, 0.29) is 28.2 Å². The minimum absolute atomic E-state index is 0.0723. The van der Waals surface area contributed by atoms with Crippen LogP contribution < -0.4 is 5.32 Å². The average Bonchev–Trinajstić information content (AvgIpc) is 3.15. The summed E-state index contributed by atoms with van der Waals surface area (Å²) in [4.78, 5) is 23.5. The highest BCUT2D eigenvalue weighted by molar-refractivity contribution is 5.99. The zero-order valence-corrected chi connectivity index (χ0v) is 12.7. The van der Waals surface area contributed by atoms with Gasteiger partial charge in [0.2, 0.25) is 5.82 Å². The number of nitrogens with zero attached hydrogens (tertiary/aromatic N) is 4. The van der Waals surface area contributed by atoms with Gasteiger partial charge in [0.05, 0.1) is 31.0 Å². The highest BCUT2D eigenvalue weighted by atomic mass is 16.5. The molecule has 0 bridgehead atoms. The van der Waals surface area contributed by atoms with Crippen LogP contribution in [0.3, 0.4) is 0 Å². The Kier molecular flexibility index (Phi) is 5.20. The molecule has 122 valence electrons. The molecule has 0 saturated heterocycles. The number of allylic oxidation sites excluding steroid dienone is 1. The molecule has 0 fully saturated rings. The van der Waals surface area contributed by atoms with Crippen molar-refractivity contribution in [3.63, 3.8) is 0 Å². The van der Waals surface area contributed by atoms with E-state index in [0.717, 1.165) is 0 Å². The first-order chi connectivity index (χ1) is 11.6. The molecule has 0 aliphatic carbocycles. The Bertz CT molecular complexity index is 822. The normalized spacial score (nSPS) is 10.6. The minimum atomic E-state index is -0.611. The van der Waals surface area contributed by atoms with Gasteiger partial charge in [-0.1, -0.05) is 0 Å². The zero-order valence-electron chi connectivity index (χ0n) is 12.7. The van der Waals surface area contributed by atoms with Crippen molar-refractivity contribution < 1.29 is 19.1 Å². The van der Waals surface area contributed by atoms with Crippen LogP contribution in [0.15, 0.2) is 24.4 Å². The summed E-state index contributed by atoms with van der Waals surface area (Å²) in [7, 11) is 2.48. The lowest BCUT2D eigenvalue weighted by Crippen LogP contribution is -2.08. The maximum Gasteiger partial charge on any atom is 0.339 e. The molecular weight excluding hydrogens is 316 g/mol. The molecule has 0 saturated carbocycles. The van der Waals surface area contributed by atoms with Crippen LogP contribution in [0.1, 0.15) is 26.5 Å². The second-order valence-corrected chi connectivity index (χ2v) is 4.29. The fraction of sp³-hybridized carbons (Fsp3) is 0.143. The summed E-state index contributed by atoms with van der Waals surface area (Å²) in [5.74, 6) is -1.11. The molecule has 2 rings (SSSR count). The summed E-state index contributed by atoms with van der Waals surface area (Å²) in [6.45, 7) is 0. The summed E-state index contributed by atoms with van der Waals surface area (Å²) >= 11 is 0. The topological polar surface area (TPSA) is 143 Å². The van der Waals surface area contributed by atoms with Gasteiger partial charge < -0.3 is 14.8 Å². The molecule has 0 atom stereocenters. The number of rotatable bonds is 5. The van der Waals surface area contributed by atoms with E-state index in [1.54, 1.807) is 0 Å². The second-order valence-electron chi connectivity index (χ2n) is 4.29. The number of tetrazole rings is 1. The maximum atomic E-state index is 11.8. The molecule has 0 unspecified atom stereocenters. The number of carbonyl (C=O) groups is 2. The van der Waals surface area contributed by atoms with Crippen molar-refractivity contribution in [3.05, 3.63) is 41.4 Å². The molecule has 10 heteroatoms. The Hall–Kier alpha value is -3.74. The number of anilines is 1. The second kappa shape index (κ2) is 7.50. The quantitative estimate of drug-likeness (QED) is 0.600. The Morgan fingerprint density at radius 2 is 2.04 bits per heavy atom. The van der Waals surface area contributed by atoms with Gasteiger partial charge in [-0.3, -0.25) is 0 Å². The van der Waals surface area contributed by atoms with Crippen molar-refractivity contribution in [3.8, 4) is 6.07 Å². The Morgan fingerprint density at radius 3 is 2.62 bits per heavy atom.